The number of hydrogen-bond acceptors (Lipinski definition) is 5. The van der Waals surface area contributed by atoms with Crippen LogP contribution in [-0.2, 0) is 11.2 Å². The van der Waals surface area contributed by atoms with Gasteiger partial charge in [-0.2, -0.15) is 0 Å². The van der Waals surface area contributed by atoms with Gasteiger partial charge >= 0.3 is 0 Å². The molecule has 0 aliphatic carbocycles. The molecule has 2 aromatic heterocycles. The SMILES string of the molecule is CC(C)C(=O)Cc1cc(C(=O)NC(C)c2cnc(OCC(F)F)c(Cl)c2)ccn1. The summed E-state index contributed by atoms with van der Waals surface area (Å²) in [6.45, 7) is 4.55. The largest absolute Gasteiger partial charge is 0.471 e. The van der Waals surface area contributed by atoms with Gasteiger partial charge in [-0.3, -0.25) is 14.6 Å². The molecule has 6 nitrogen and oxygen atoms in total. The maximum atomic E-state index is 12.5. The number of carbonyl (C=O) groups is 2. The predicted molar refractivity (Wildman–Crippen MR) is 104 cm³/mol. The smallest absolute Gasteiger partial charge is 0.272 e. The fourth-order valence-electron chi connectivity index (χ4n) is 2.39. The molecule has 0 bridgehead atoms. The Morgan fingerprint density at radius 3 is 2.55 bits per heavy atom. The summed E-state index contributed by atoms with van der Waals surface area (Å²) in [5, 5.41) is 2.87. The van der Waals surface area contributed by atoms with Crippen LogP contribution in [0.3, 0.4) is 0 Å². The summed E-state index contributed by atoms with van der Waals surface area (Å²) in [5.41, 5.74) is 1.47. The van der Waals surface area contributed by atoms with Crippen molar-refractivity contribution in [3.05, 3.63) is 52.4 Å². The van der Waals surface area contributed by atoms with E-state index in [0.29, 0.717) is 16.8 Å². The number of amides is 1. The number of aromatic nitrogens is 2. The monoisotopic (exact) mass is 425 g/mol. The molecule has 0 aromatic carbocycles. The molecule has 1 unspecified atom stereocenters. The number of Topliss-reactive ketones (excluding diaryl/α,β-unsaturated/α-hetero) is 1. The predicted octanol–water partition coefficient (Wildman–Crippen LogP) is 4.03. The number of nitrogens with zero attached hydrogens (tertiary/aromatic N) is 2. The van der Waals surface area contributed by atoms with E-state index in [2.05, 4.69) is 15.3 Å². The van der Waals surface area contributed by atoms with Crippen molar-refractivity contribution in [2.75, 3.05) is 6.61 Å². The zero-order valence-corrected chi connectivity index (χ0v) is 17.0. The van der Waals surface area contributed by atoms with Crippen LogP contribution < -0.4 is 10.1 Å². The molecule has 1 amide bonds. The summed E-state index contributed by atoms with van der Waals surface area (Å²) in [4.78, 5) is 32.5. The van der Waals surface area contributed by atoms with Gasteiger partial charge in [0.1, 0.15) is 10.8 Å². The number of carbonyl (C=O) groups excluding carboxylic acids is 2. The number of rotatable bonds is 9. The molecule has 2 heterocycles. The molecule has 0 aliphatic heterocycles. The topological polar surface area (TPSA) is 81.2 Å². The first-order valence-corrected chi connectivity index (χ1v) is 9.40. The first-order chi connectivity index (χ1) is 13.7. The third kappa shape index (κ3) is 6.74. The van der Waals surface area contributed by atoms with Crippen LogP contribution in [0.5, 0.6) is 5.88 Å². The highest BCUT2D eigenvalue weighted by Gasteiger charge is 2.16. The molecular weight excluding hydrogens is 404 g/mol. The van der Waals surface area contributed by atoms with Crippen molar-refractivity contribution in [3.63, 3.8) is 0 Å². The summed E-state index contributed by atoms with van der Waals surface area (Å²) in [5.74, 6) is -0.521. The van der Waals surface area contributed by atoms with Crippen molar-refractivity contribution < 1.29 is 23.1 Å². The Morgan fingerprint density at radius 2 is 1.93 bits per heavy atom. The second-order valence-corrected chi connectivity index (χ2v) is 7.19. The van der Waals surface area contributed by atoms with E-state index in [1.54, 1.807) is 19.1 Å². The van der Waals surface area contributed by atoms with Crippen molar-refractivity contribution in [3.8, 4) is 5.88 Å². The maximum Gasteiger partial charge on any atom is 0.272 e. The molecule has 156 valence electrons. The van der Waals surface area contributed by atoms with Gasteiger partial charge in [-0.15, -0.1) is 0 Å². The van der Waals surface area contributed by atoms with Gasteiger partial charge < -0.3 is 10.1 Å². The number of halogens is 3. The lowest BCUT2D eigenvalue weighted by atomic mass is 10.0. The van der Waals surface area contributed by atoms with Crippen molar-refractivity contribution in [1.82, 2.24) is 15.3 Å². The van der Waals surface area contributed by atoms with E-state index in [-0.39, 0.29) is 34.9 Å². The van der Waals surface area contributed by atoms with Crippen LogP contribution in [0.4, 0.5) is 8.78 Å². The molecule has 0 aliphatic rings. The van der Waals surface area contributed by atoms with Gasteiger partial charge in [0, 0.05) is 36.0 Å². The fourth-order valence-corrected chi connectivity index (χ4v) is 2.62. The molecule has 0 spiro atoms. The van der Waals surface area contributed by atoms with E-state index in [4.69, 9.17) is 16.3 Å². The minimum Gasteiger partial charge on any atom is -0.471 e. The summed E-state index contributed by atoms with van der Waals surface area (Å²) in [6.07, 6.45) is 0.410. The Hall–Kier alpha value is -2.61. The fraction of sp³-hybridized carbons (Fsp3) is 0.400. The first kappa shape index (κ1) is 22.7. The number of alkyl halides is 2. The van der Waals surface area contributed by atoms with Crippen LogP contribution in [0.15, 0.2) is 30.6 Å². The number of ether oxygens (including phenoxy) is 1. The second-order valence-electron chi connectivity index (χ2n) is 6.79. The number of ketones is 1. The van der Waals surface area contributed by atoms with Crippen LogP contribution in [0, 0.1) is 5.92 Å². The Bertz CT molecular complexity index is 878. The van der Waals surface area contributed by atoms with Crippen LogP contribution in [0.1, 0.15) is 48.4 Å². The zero-order chi connectivity index (χ0) is 21.6. The first-order valence-electron chi connectivity index (χ1n) is 9.02. The van der Waals surface area contributed by atoms with Crippen LogP contribution >= 0.6 is 11.6 Å². The molecular formula is C20H22ClF2N3O3. The number of hydrogen-bond donors (Lipinski definition) is 1. The van der Waals surface area contributed by atoms with E-state index >= 15 is 0 Å². The van der Waals surface area contributed by atoms with E-state index < -0.39 is 19.1 Å². The number of pyridine rings is 2. The standard InChI is InChI=1S/C20H22ClF2N3O3/c1-11(2)17(27)8-15-6-13(4-5-24-15)19(28)26-12(3)14-7-16(21)20(25-9-14)29-10-18(22)23/h4-7,9,11-12,18H,8,10H2,1-3H3,(H,26,28). The summed E-state index contributed by atoms with van der Waals surface area (Å²) in [6, 6.07) is 4.18. The highest BCUT2D eigenvalue weighted by atomic mass is 35.5. The molecule has 1 N–H and O–H groups in total. The van der Waals surface area contributed by atoms with Gasteiger partial charge in [-0.1, -0.05) is 25.4 Å². The molecule has 0 saturated heterocycles. The van der Waals surface area contributed by atoms with E-state index in [9.17, 15) is 18.4 Å². The molecule has 9 heteroatoms. The van der Waals surface area contributed by atoms with Crippen molar-refractivity contribution in [1.29, 1.82) is 0 Å². The minimum absolute atomic E-state index is 0.0401. The highest BCUT2D eigenvalue weighted by Crippen LogP contribution is 2.25. The molecule has 0 saturated carbocycles. The lowest BCUT2D eigenvalue weighted by Crippen LogP contribution is -2.27. The Labute approximate surface area is 172 Å². The maximum absolute atomic E-state index is 12.5. The van der Waals surface area contributed by atoms with Gasteiger partial charge in [0.25, 0.3) is 12.3 Å². The quantitative estimate of drug-likeness (QED) is 0.656. The average Bonchev–Trinajstić information content (AvgIpc) is 2.66. The van der Waals surface area contributed by atoms with Gasteiger partial charge in [0.2, 0.25) is 5.88 Å². The van der Waals surface area contributed by atoms with E-state index in [1.807, 2.05) is 13.8 Å². The van der Waals surface area contributed by atoms with Gasteiger partial charge in [0.15, 0.2) is 6.61 Å². The molecule has 1 atom stereocenters. The molecule has 0 fully saturated rings. The minimum atomic E-state index is -2.63. The third-order valence-electron chi connectivity index (χ3n) is 4.10. The summed E-state index contributed by atoms with van der Waals surface area (Å²) >= 11 is 6.02. The normalized spacial score (nSPS) is 12.1. The number of nitrogens with one attached hydrogen (secondary N) is 1. The average molecular weight is 426 g/mol. The Kier molecular flexibility index (Phi) is 8.01. The molecule has 2 aromatic rings. The van der Waals surface area contributed by atoms with Gasteiger partial charge in [-0.25, -0.2) is 13.8 Å². The molecule has 2 rings (SSSR count). The van der Waals surface area contributed by atoms with E-state index in [0.717, 1.165) is 0 Å². The third-order valence-corrected chi connectivity index (χ3v) is 4.37. The van der Waals surface area contributed by atoms with Gasteiger partial charge in [0.05, 0.1) is 6.04 Å². The van der Waals surface area contributed by atoms with Crippen LogP contribution in [-0.4, -0.2) is 34.7 Å². The zero-order valence-electron chi connectivity index (χ0n) is 16.3. The lowest BCUT2D eigenvalue weighted by Gasteiger charge is -2.16. The van der Waals surface area contributed by atoms with Crippen LogP contribution in [0.25, 0.3) is 0 Å². The van der Waals surface area contributed by atoms with Crippen molar-refractivity contribution >= 4 is 23.3 Å². The molecule has 29 heavy (non-hydrogen) atoms. The summed E-state index contributed by atoms with van der Waals surface area (Å²) < 4.78 is 29.3. The van der Waals surface area contributed by atoms with Gasteiger partial charge in [-0.05, 0) is 30.7 Å². The van der Waals surface area contributed by atoms with E-state index in [1.165, 1.54) is 18.5 Å². The second kappa shape index (κ2) is 10.2. The Morgan fingerprint density at radius 1 is 1.21 bits per heavy atom. The Balaban J connectivity index is 2.05. The van der Waals surface area contributed by atoms with Crippen molar-refractivity contribution in [2.45, 2.75) is 39.7 Å². The summed E-state index contributed by atoms with van der Waals surface area (Å²) in [7, 11) is 0. The van der Waals surface area contributed by atoms with Crippen molar-refractivity contribution in [2.24, 2.45) is 5.92 Å². The highest BCUT2D eigenvalue weighted by molar-refractivity contribution is 6.31. The lowest BCUT2D eigenvalue weighted by molar-refractivity contribution is -0.121. The van der Waals surface area contributed by atoms with Crippen LogP contribution in [0.2, 0.25) is 5.02 Å². The molecule has 0 radical (unpaired) electrons.